The molecule has 0 N–H and O–H groups in total. The van der Waals surface area contributed by atoms with Crippen LogP contribution >= 0.6 is 0 Å². The Hall–Kier alpha value is -20.3. The Morgan fingerprint density at radius 1 is 0.221 bits per heavy atom. The van der Waals surface area contributed by atoms with E-state index in [4.69, 9.17) is 48.0 Å². The highest BCUT2D eigenvalue weighted by atomic mass is 15.2. The zero-order valence-electron chi connectivity index (χ0n) is 77.1. The van der Waals surface area contributed by atoms with Gasteiger partial charge in [-0.05, 0) is 136 Å². The van der Waals surface area contributed by atoms with E-state index in [1.165, 1.54) is 195 Å². The lowest BCUT2D eigenvalue weighted by molar-refractivity contribution is 1.01. The van der Waals surface area contributed by atoms with Crippen LogP contribution in [0.15, 0.2) is 425 Å². The maximum atomic E-state index is 7.63. The number of hydrogen-bond acceptors (Lipinski definition) is 7. The quantitative estimate of drug-likeness (QED) is 0.151. The van der Waals surface area contributed by atoms with E-state index in [1.807, 2.05) is 79.0 Å². The molecule has 145 heavy (non-hydrogen) atoms. The Kier molecular flexibility index (Phi) is 16.1. The van der Waals surface area contributed by atoms with Gasteiger partial charge in [0.15, 0.2) is 17.0 Å². The summed E-state index contributed by atoms with van der Waals surface area (Å²) in [7, 11) is 0. The van der Waals surface area contributed by atoms with Crippen LogP contribution in [0.4, 0.5) is 11.4 Å². The zero-order valence-corrected chi connectivity index (χ0v) is 77.1. The summed E-state index contributed by atoms with van der Waals surface area (Å²) in [6.07, 6.45) is 7.62. The number of rotatable bonds is 6. The number of para-hydroxylation sites is 8. The van der Waals surface area contributed by atoms with Crippen molar-refractivity contribution < 1.29 is 0 Å². The lowest BCUT2D eigenvalue weighted by Crippen LogP contribution is -2.04. The van der Waals surface area contributed by atoms with Crippen LogP contribution < -0.4 is 0 Å². The summed E-state index contributed by atoms with van der Waals surface area (Å²) < 4.78 is 16.7. The molecule has 19 aromatic carbocycles. The molecule has 0 atom stereocenters. The van der Waals surface area contributed by atoms with Gasteiger partial charge in [-0.1, -0.05) is 291 Å². The Bertz CT molecular complexity index is 11400. The van der Waals surface area contributed by atoms with Crippen LogP contribution in [0.2, 0.25) is 0 Å². The van der Waals surface area contributed by atoms with E-state index in [9.17, 15) is 0 Å². The molecule has 0 fully saturated rings. The molecule has 0 aliphatic heterocycles. The Morgan fingerprint density at radius 2 is 0.600 bits per heavy atom. The maximum Gasteiger partial charge on any atom is 0.237 e. The number of fused-ring (bicyclic) bond motifs is 41. The standard InChI is InChI=1S/C45H26N4.2C42H22N6/c1-2-13-28(14-3-1)47-36-20-10-7-17-31(36)41-39(47)25-46-26-40(41)48-37-21-11-8-18-32(37)42-38(48)24-34-30-16-6-9-19-35(30)49-44-29-15-5-4-12-27(29)22-23-33(44)43(42)45(34)49;1-43-26-12-8-11-25(22-26)38-39-32(16-9-21-44-39)45-42(46-38)47-34-18-7-5-15-29(34)36-35(47)23-31-28-14-4-6-17-33(28)48-40-27-13-3-2-10-24(27)19-20-30(40)37(36)41(31)48;1-43-26-12-8-11-25(22-26)38-31-16-9-21-44-41(31)46-42(45-38)47-34-18-7-5-15-29(34)36-35(47)23-32-28-14-4-6-17-33(28)48-39-27-13-3-2-10-24(27)19-20-30(39)37(36)40(32)48/h1-26H;2*2-23H. The highest BCUT2D eigenvalue weighted by Crippen LogP contribution is 2.54. The first kappa shape index (κ1) is 78.7. The molecule has 34 rings (SSSR count). The number of benzene rings is 19. The molecule has 0 spiro atoms. The van der Waals surface area contributed by atoms with Crippen molar-refractivity contribution in [2.24, 2.45) is 0 Å². The Labute approximate surface area is 821 Å². The van der Waals surface area contributed by atoms with Crippen LogP contribution in [0.25, 0.3) is 311 Å². The summed E-state index contributed by atoms with van der Waals surface area (Å²) in [6.45, 7) is 15.2. The molecule has 0 aliphatic carbocycles. The van der Waals surface area contributed by atoms with Crippen LogP contribution in [0.3, 0.4) is 0 Å². The third kappa shape index (κ3) is 10.8. The predicted molar refractivity (Wildman–Crippen MR) is 596 cm³/mol. The van der Waals surface area contributed by atoms with Crippen molar-refractivity contribution in [2.75, 3.05) is 0 Å². The molecule has 0 radical (unpaired) electrons. The first-order chi connectivity index (χ1) is 71.9. The molecule has 666 valence electrons. The minimum absolute atomic E-state index is 0.544. The molecular weight excluding hydrogens is 1770 g/mol. The van der Waals surface area contributed by atoms with Crippen LogP contribution in [-0.4, -0.2) is 66.4 Å². The summed E-state index contributed by atoms with van der Waals surface area (Å²) in [5.41, 5.74) is 28.4. The van der Waals surface area contributed by atoms with Crippen molar-refractivity contribution in [3.8, 4) is 45.8 Å². The first-order valence-electron chi connectivity index (χ1n) is 48.6. The minimum atomic E-state index is 0.544. The maximum absolute atomic E-state index is 7.63. The van der Waals surface area contributed by atoms with Crippen molar-refractivity contribution in [1.29, 1.82) is 0 Å². The van der Waals surface area contributed by atoms with E-state index in [0.29, 0.717) is 40.1 Å². The van der Waals surface area contributed by atoms with E-state index in [-0.39, 0.29) is 0 Å². The smallest absolute Gasteiger partial charge is 0.237 e. The third-order valence-corrected chi connectivity index (χ3v) is 30.6. The van der Waals surface area contributed by atoms with E-state index in [1.54, 1.807) is 12.4 Å². The van der Waals surface area contributed by atoms with Crippen LogP contribution in [0.5, 0.6) is 0 Å². The van der Waals surface area contributed by atoms with E-state index in [0.717, 1.165) is 77.5 Å². The number of pyridine rings is 3. The molecular formula is C129H70N16. The molecule has 16 heteroatoms. The summed E-state index contributed by atoms with van der Waals surface area (Å²) >= 11 is 0. The van der Waals surface area contributed by atoms with Gasteiger partial charge >= 0.3 is 0 Å². The fourth-order valence-electron chi connectivity index (χ4n) is 24.9. The molecule has 0 bridgehead atoms. The van der Waals surface area contributed by atoms with E-state index >= 15 is 0 Å². The Balaban J connectivity index is 0.0000000971. The average molecular weight is 1840 g/mol. The van der Waals surface area contributed by atoms with Gasteiger partial charge in [-0.3, -0.25) is 19.1 Å². The lowest BCUT2D eigenvalue weighted by Gasteiger charge is -2.11. The lowest BCUT2D eigenvalue weighted by atomic mass is 10.00. The first-order valence-corrected chi connectivity index (χ1v) is 48.6. The number of aromatic nitrogens is 14. The summed E-state index contributed by atoms with van der Waals surface area (Å²) in [5, 5.41) is 32.8. The van der Waals surface area contributed by atoms with Crippen molar-refractivity contribution >= 4 is 267 Å². The van der Waals surface area contributed by atoms with Crippen molar-refractivity contribution in [2.45, 2.75) is 0 Å². The average Bonchev–Trinajstić information content (AvgIpc) is 1.52. The van der Waals surface area contributed by atoms with Crippen LogP contribution in [0.1, 0.15) is 0 Å². The summed E-state index contributed by atoms with van der Waals surface area (Å²) in [5.74, 6) is 1.11. The third-order valence-electron chi connectivity index (χ3n) is 30.6. The van der Waals surface area contributed by atoms with Gasteiger partial charge in [0.2, 0.25) is 11.9 Å². The second-order valence-corrected chi connectivity index (χ2v) is 37.8. The van der Waals surface area contributed by atoms with Gasteiger partial charge in [0.25, 0.3) is 0 Å². The monoisotopic (exact) mass is 1840 g/mol. The van der Waals surface area contributed by atoms with Crippen LogP contribution in [0, 0.1) is 13.1 Å². The molecule has 0 amide bonds. The Morgan fingerprint density at radius 3 is 1.08 bits per heavy atom. The van der Waals surface area contributed by atoms with Gasteiger partial charge < -0.3 is 22.3 Å². The second-order valence-electron chi connectivity index (χ2n) is 37.8. The zero-order chi connectivity index (χ0) is 94.8. The van der Waals surface area contributed by atoms with Crippen molar-refractivity contribution in [1.82, 2.24) is 66.4 Å². The number of nitrogens with zero attached hydrogens (tertiary/aromatic N) is 16. The molecule has 0 saturated heterocycles. The summed E-state index contributed by atoms with van der Waals surface area (Å²) in [6, 6.07) is 142. The van der Waals surface area contributed by atoms with E-state index < -0.39 is 0 Å². The highest BCUT2D eigenvalue weighted by Gasteiger charge is 2.33. The fourth-order valence-corrected chi connectivity index (χ4v) is 24.9. The van der Waals surface area contributed by atoms with Gasteiger partial charge in [0.05, 0.1) is 136 Å². The number of hydrogen-bond donors (Lipinski definition) is 0. The topological polar surface area (TPSA) is 132 Å². The van der Waals surface area contributed by atoms with Crippen molar-refractivity contribution in [3.05, 3.63) is 448 Å². The SMILES string of the molecule is [C-]#[N+]c1cccc(-c2nc(-n3c4ccccc4c4c5c6ccc7ccccc7c6n6c7ccccc7c(cc43)c56)nc3cccnc23)c1.[C-]#[N+]c1cccc(-c2nc(-n3c4ccccc4c4c5c6ccc7ccccc7c6n6c7ccccc7c(cc43)c56)nc3ncccc23)c1.c1ccc(-n2c3ccccc3c3c(-n4c5ccccc5c5c6c7ccc8ccccc8c7n7c8ccccc8c(cc54)c67)cncc32)cc1. The molecule has 0 aliphatic rings. The summed E-state index contributed by atoms with van der Waals surface area (Å²) in [4.78, 5) is 42.5. The highest BCUT2D eigenvalue weighted by molar-refractivity contribution is 6.42. The molecule has 0 unspecified atom stereocenters. The minimum Gasteiger partial charge on any atom is -0.308 e. The van der Waals surface area contributed by atoms with Gasteiger partial charge in [0.1, 0.15) is 11.2 Å². The molecule has 34 aromatic rings. The van der Waals surface area contributed by atoms with Gasteiger partial charge in [-0.15, -0.1) is 0 Å². The van der Waals surface area contributed by atoms with Gasteiger partial charge in [0, 0.05) is 147 Å². The van der Waals surface area contributed by atoms with Crippen LogP contribution in [-0.2, 0) is 0 Å². The molecule has 15 aromatic heterocycles. The molecule has 15 heterocycles. The second kappa shape index (κ2) is 29.6. The molecule has 16 nitrogen and oxygen atoms in total. The van der Waals surface area contributed by atoms with Crippen molar-refractivity contribution in [3.63, 3.8) is 0 Å². The predicted octanol–water partition coefficient (Wildman–Crippen LogP) is 32.9. The van der Waals surface area contributed by atoms with E-state index in [2.05, 4.69) is 375 Å². The van der Waals surface area contributed by atoms with Gasteiger partial charge in [-0.25, -0.2) is 29.6 Å². The molecule has 0 saturated carbocycles. The fraction of sp³-hybridized carbons (Fsp3) is 0. The normalized spacial score (nSPS) is 12.3. The largest absolute Gasteiger partial charge is 0.308 e. The van der Waals surface area contributed by atoms with Gasteiger partial charge in [-0.2, -0.15) is 4.98 Å².